The zero-order valence-electron chi connectivity index (χ0n) is 10.3. The Balaban J connectivity index is 2.39. The van der Waals surface area contributed by atoms with E-state index >= 15 is 0 Å². The number of carbonyl (C=O) groups is 1. The highest BCUT2D eigenvalue weighted by Crippen LogP contribution is 2.28. The average molecular weight is 233 g/mol. The molecule has 0 saturated carbocycles. The van der Waals surface area contributed by atoms with E-state index in [1.165, 1.54) is 0 Å². The van der Waals surface area contributed by atoms with Gasteiger partial charge in [0.1, 0.15) is 0 Å². The molecule has 0 radical (unpaired) electrons. The number of hydrogen-bond acceptors (Lipinski definition) is 1. The number of halogens is 2. The van der Waals surface area contributed by atoms with Gasteiger partial charge in [-0.3, -0.25) is 4.79 Å². The fourth-order valence-electron chi connectivity index (χ4n) is 1.72. The summed E-state index contributed by atoms with van der Waals surface area (Å²) in [4.78, 5) is 13.4. The molecule has 0 aromatic rings. The second kappa shape index (κ2) is 5.11. The molecule has 1 heterocycles. The van der Waals surface area contributed by atoms with Gasteiger partial charge in [-0.2, -0.15) is 0 Å². The first-order valence-electron chi connectivity index (χ1n) is 5.97. The smallest absolute Gasteiger partial charge is 0.251 e. The van der Waals surface area contributed by atoms with Gasteiger partial charge in [0.2, 0.25) is 5.91 Å². The molecule has 0 N–H and O–H groups in total. The number of amides is 1. The van der Waals surface area contributed by atoms with E-state index in [1.807, 2.05) is 6.92 Å². The number of likely N-dealkylation sites (tertiary alicyclic amines) is 1. The van der Waals surface area contributed by atoms with Crippen molar-refractivity contribution in [3.63, 3.8) is 0 Å². The van der Waals surface area contributed by atoms with Gasteiger partial charge < -0.3 is 4.90 Å². The summed E-state index contributed by atoms with van der Waals surface area (Å²) in [6.45, 7) is 6.58. The fourth-order valence-corrected chi connectivity index (χ4v) is 1.72. The zero-order chi connectivity index (χ0) is 12.3. The SMILES string of the molecule is CC(C)C(C)CC(=O)N1CCC(F)(F)CC1. The van der Waals surface area contributed by atoms with E-state index in [9.17, 15) is 13.6 Å². The van der Waals surface area contributed by atoms with Crippen LogP contribution in [0.3, 0.4) is 0 Å². The first-order valence-corrected chi connectivity index (χ1v) is 5.97. The molecular weight excluding hydrogens is 212 g/mol. The van der Waals surface area contributed by atoms with Gasteiger partial charge in [-0.25, -0.2) is 8.78 Å². The summed E-state index contributed by atoms with van der Waals surface area (Å²) in [5, 5.41) is 0. The summed E-state index contributed by atoms with van der Waals surface area (Å²) < 4.78 is 25.8. The van der Waals surface area contributed by atoms with Crippen LogP contribution in [0.4, 0.5) is 8.78 Å². The number of piperidine rings is 1. The second-order valence-electron chi connectivity index (χ2n) is 5.16. The van der Waals surface area contributed by atoms with E-state index in [0.717, 1.165) is 0 Å². The molecule has 94 valence electrons. The maximum atomic E-state index is 12.9. The number of alkyl halides is 2. The highest BCUT2D eigenvalue weighted by atomic mass is 19.3. The highest BCUT2D eigenvalue weighted by molar-refractivity contribution is 5.76. The van der Waals surface area contributed by atoms with Crippen molar-refractivity contribution in [1.29, 1.82) is 0 Å². The Labute approximate surface area is 96.0 Å². The quantitative estimate of drug-likeness (QED) is 0.734. The molecule has 1 saturated heterocycles. The van der Waals surface area contributed by atoms with Gasteiger partial charge in [-0.05, 0) is 11.8 Å². The van der Waals surface area contributed by atoms with Crippen LogP contribution in [0.5, 0.6) is 0 Å². The fraction of sp³-hybridized carbons (Fsp3) is 0.917. The van der Waals surface area contributed by atoms with Crippen molar-refractivity contribution in [2.45, 2.75) is 46.0 Å². The number of nitrogens with zero attached hydrogens (tertiary/aromatic N) is 1. The van der Waals surface area contributed by atoms with Gasteiger partial charge in [0.25, 0.3) is 5.92 Å². The van der Waals surface area contributed by atoms with E-state index in [-0.39, 0.29) is 31.8 Å². The van der Waals surface area contributed by atoms with Gasteiger partial charge in [0, 0.05) is 32.4 Å². The summed E-state index contributed by atoms with van der Waals surface area (Å²) in [5.74, 6) is -1.78. The Morgan fingerprint density at radius 2 is 1.75 bits per heavy atom. The van der Waals surface area contributed by atoms with Crippen LogP contribution in [0, 0.1) is 11.8 Å². The minimum absolute atomic E-state index is 0.0247. The molecule has 16 heavy (non-hydrogen) atoms. The standard InChI is InChI=1S/C12H21F2NO/c1-9(2)10(3)8-11(16)15-6-4-12(13,14)5-7-15/h9-10H,4-8H2,1-3H3. The van der Waals surface area contributed by atoms with Gasteiger partial charge in [0.15, 0.2) is 0 Å². The molecule has 1 aliphatic rings. The van der Waals surface area contributed by atoms with E-state index in [1.54, 1.807) is 4.90 Å². The van der Waals surface area contributed by atoms with Crippen LogP contribution in [-0.2, 0) is 4.79 Å². The molecule has 1 amide bonds. The van der Waals surface area contributed by atoms with Crippen LogP contribution < -0.4 is 0 Å². The van der Waals surface area contributed by atoms with Crippen molar-refractivity contribution in [1.82, 2.24) is 4.90 Å². The predicted molar refractivity (Wildman–Crippen MR) is 59.4 cm³/mol. The van der Waals surface area contributed by atoms with E-state index in [4.69, 9.17) is 0 Å². The van der Waals surface area contributed by atoms with Crippen molar-refractivity contribution in [2.75, 3.05) is 13.1 Å². The van der Waals surface area contributed by atoms with Crippen LogP contribution in [0.1, 0.15) is 40.0 Å². The zero-order valence-corrected chi connectivity index (χ0v) is 10.3. The molecule has 0 aromatic carbocycles. The highest BCUT2D eigenvalue weighted by Gasteiger charge is 2.35. The summed E-state index contributed by atoms with van der Waals surface area (Å²) in [6, 6.07) is 0. The lowest BCUT2D eigenvalue weighted by Gasteiger charge is -2.32. The number of carbonyl (C=O) groups excluding carboxylic acids is 1. The van der Waals surface area contributed by atoms with Crippen molar-refractivity contribution in [3.05, 3.63) is 0 Å². The second-order valence-corrected chi connectivity index (χ2v) is 5.16. The molecule has 0 spiro atoms. The van der Waals surface area contributed by atoms with Gasteiger partial charge in [0.05, 0.1) is 0 Å². The normalized spacial score (nSPS) is 22.2. The molecule has 0 bridgehead atoms. The molecule has 1 atom stereocenters. The molecular formula is C12H21F2NO. The van der Waals surface area contributed by atoms with Gasteiger partial charge >= 0.3 is 0 Å². The largest absolute Gasteiger partial charge is 0.342 e. The topological polar surface area (TPSA) is 20.3 Å². The van der Waals surface area contributed by atoms with Gasteiger partial charge in [-0.15, -0.1) is 0 Å². The van der Waals surface area contributed by atoms with Crippen molar-refractivity contribution in [2.24, 2.45) is 11.8 Å². The van der Waals surface area contributed by atoms with E-state index < -0.39 is 5.92 Å². The molecule has 1 fully saturated rings. The van der Waals surface area contributed by atoms with Crippen LogP contribution in [-0.4, -0.2) is 29.8 Å². The Morgan fingerprint density at radius 1 is 1.25 bits per heavy atom. The number of rotatable bonds is 3. The minimum atomic E-state index is -2.57. The molecule has 4 heteroatoms. The van der Waals surface area contributed by atoms with Crippen molar-refractivity contribution < 1.29 is 13.6 Å². The van der Waals surface area contributed by atoms with E-state index in [2.05, 4.69) is 13.8 Å². The summed E-state index contributed by atoms with van der Waals surface area (Å²) in [5.41, 5.74) is 0. The Bertz CT molecular complexity index is 243. The third-order valence-corrected chi connectivity index (χ3v) is 3.48. The molecule has 2 nitrogen and oxygen atoms in total. The molecule has 1 rings (SSSR count). The Kier molecular flexibility index (Phi) is 4.28. The first-order chi connectivity index (χ1) is 7.32. The monoisotopic (exact) mass is 233 g/mol. The number of hydrogen-bond donors (Lipinski definition) is 0. The third kappa shape index (κ3) is 3.72. The summed E-state index contributed by atoms with van der Waals surface area (Å²) in [7, 11) is 0. The lowest BCUT2D eigenvalue weighted by atomic mass is 9.93. The van der Waals surface area contributed by atoms with Crippen molar-refractivity contribution in [3.8, 4) is 0 Å². The summed E-state index contributed by atoms with van der Waals surface area (Å²) in [6.07, 6.45) is 0.104. The molecule has 0 aliphatic carbocycles. The third-order valence-electron chi connectivity index (χ3n) is 3.48. The average Bonchev–Trinajstić information content (AvgIpc) is 2.17. The Hall–Kier alpha value is -0.670. The van der Waals surface area contributed by atoms with E-state index in [0.29, 0.717) is 18.3 Å². The maximum absolute atomic E-state index is 12.9. The lowest BCUT2D eigenvalue weighted by molar-refractivity contribution is -0.138. The van der Waals surface area contributed by atoms with Gasteiger partial charge in [-0.1, -0.05) is 20.8 Å². The van der Waals surface area contributed by atoms with Crippen LogP contribution >= 0.6 is 0 Å². The Morgan fingerprint density at radius 3 is 2.19 bits per heavy atom. The molecule has 0 aromatic heterocycles. The minimum Gasteiger partial charge on any atom is -0.342 e. The molecule has 1 aliphatic heterocycles. The van der Waals surface area contributed by atoms with Crippen LogP contribution in [0.2, 0.25) is 0 Å². The van der Waals surface area contributed by atoms with Crippen LogP contribution in [0.25, 0.3) is 0 Å². The summed E-state index contributed by atoms with van der Waals surface area (Å²) >= 11 is 0. The lowest BCUT2D eigenvalue weighted by Crippen LogP contribution is -2.43. The van der Waals surface area contributed by atoms with Crippen LogP contribution in [0.15, 0.2) is 0 Å². The van der Waals surface area contributed by atoms with Crippen molar-refractivity contribution >= 4 is 5.91 Å². The predicted octanol–water partition coefficient (Wildman–Crippen LogP) is 2.93. The molecule has 1 unspecified atom stereocenters. The maximum Gasteiger partial charge on any atom is 0.251 e. The first kappa shape index (κ1) is 13.4.